The number of hydrogen-bond acceptors (Lipinski definition) is 8. The second-order valence-corrected chi connectivity index (χ2v) is 7.59. The molecule has 29 heavy (non-hydrogen) atoms. The molecule has 9 heteroatoms. The minimum Gasteiger partial charge on any atom is -0.353 e. The van der Waals surface area contributed by atoms with E-state index in [9.17, 15) is 4.79 Å². The van der Waals surface area contributed by atoms with Gasteiger partial charge in [-0.05, 0) is 24.3 Å². The average Bonchev–Trinajstić information content (AvgIpc) is 3.28. The highest BCUT2D eigenvalue weighted by molar-refractivity contribution is 7.99. The second kappa shape index (κ2) is 9.04. The summed E-state index contributed by atoms with van der Waals surface area (Å²) in [6.45, 7) is 4.98. The van der Waals surface area contributed by atoms with Crippen molar-refractivity contribution in [2.24, 2.45) is 0 Å². The molecule has 1 aliphatic heterocycles. The SMILES string of the molecule is CCc1noc(-c2ccc(SCC(=O)N3CCN(c4ccccn4)CC3)nc2)n1. The maximum Gasteiger partial charge on any atom is 0.259 e. The first kappa shape index (κ1) is 19.4. The summed E-state index contributed by atoms with van der Waals surface area (Å²) in [5.74, 6) is 2.60. The molecule has 0 bridgehead atoms. The summed E-state index contributed by atoms with van der Waals surface area (Å²) < 4.78 is 5.22. The molecule has 3 aromatic heterocycles. The Labute approximate surface area is 173 Å². The van der Waals surface area contributed by atoms with E-state index in [2.05, 4.69) is 25.0 Å². The van der Waals surface area contributed by atoms with Gasteiger partial charge in [0.05, 0.1) is 16.3 Å². The number of piperazine rings is 1. The molecule has 150 valence electrons. The molecule has 1 fully saturated rings. The molecule has 1 aliphatic rings. The summed E-state index contributed by atoms with van der Waals surface area (Å²) >= 11 is 1.44. The molecular formula is C20H22N6O2S. The fraction of sp³-hybridized carbons (Fsp3) is 0.350. The minimum atomic E-state index is 0.131. The van der Waals surface area contributed by atoms with Crippen LogP contribution in [0.25, 0.3) is 11.5 Å². The number of thioether (sulfide) groups is 1. The third-order valence-corrected chi connectivity index (χ3v) is 5.65. The van der Waals surface area contributed by atoms with E-state index < -0.39 is 0 Å². The number of aryl methyl sites for hydroxylation is 1. The van der Waals surface area contributed by atoms with Crippen LogP contribution in [0.15, 0.2) is 52.3 Å². The molecule has 4 heterocycles. The predicted octanol–water partition coefficient (Wildman–Crippen LogP) is 2.53. The Morgan fingerprint density at radius 3 is 2.66 bits per heavy atom. The van der Waals surface area contributed by atoms with Gasteiger partial charge in [-0.25, -0.2) is 9.97 Å². The van der Waals surface area contributed by atoms with Crippen LogP contribution in [0.2, 0.25) is 0 Å². The van der Waals surface area contributed by atoms with Crippen LogP contribution in [0, 0.1) is 0 Å². The standard InChI is InChI=1S/C20H22N6O2S/c1-2-16-23-20(28-24-16)15-6-7-18(22-13-15)29-14-19(27)26-11-9-25(10-12-26)17-5-3-4-8-21-17/h3-8,13H,2,9-12,14H2,1H3. The fourth-order valence-electron chi connectivity index (χ4n) is 3.06. The average molecular weight is 411 g/mol. The number of nitrogens with zero attached hydrogens (tertiary/aromatic N) is 6. The van der Waals surface area contributed by atoms with Gasteiger partial charge in [0, 0.05) is 45.0 Å². The van der Waals surface area contributed by atoms with Crippen molar-refractivity contribution in [1.82, 2.24) is 25.0 Å². The second-order valence-electron chi connectivity index (χ2n) is 6.60. The van der Waals surface area contributed by atoms with Crippen molar-refractivity contribution >= 4 is 23.5 Å². The largest absolute Gasteiger partial charge is 0.353 e. The maximum atomic E-state index is 12.5. The van der Waals surface area contributed by atoms with Gasteiger partial charge >= 0.3 is 0 Å². The zero-order valence-corrected chi connectivity index (χ0v) is 17.0. The molecule has 0 aromatic carbocycles. The molecule has 0 aliphatic carbocycles. The van der Waals surface area contributed by atoms with Crippen molar-refractivity contribution in [1.29, 1.82) is 0 Å². The van der Waals surface area contributed by atoms with Crippen LogP contribution < -0.4 is 4.90 Å². The Balaban J connectivity index is 1.26. The van der Waals surface area contributed by atoms with Crippen LogP contribution in [0.5, 0.6) is 0 Å². The third kappa shape index (κ3) is 4.73. The van der Waals surface area contributed by atoms with Gasteiger partial charge in [0.15, 0.2) is 5.82 Å². The third-order valence-electron chi connectivity index (χ3n) is 4.72. The van der Waals surface area contributed by atoms with Crippen LogP contribution in [0.1, 0.15) is 12.7 Å². The van der Waals surface area contributed by atoms with Crippen molar-refractivity contribution in [3.05, 3.63) is 48.5 Å². The van der Waals surface area contributed by atoms with E-state index in [1.807, 2.05) is 42.2 Å². The first-order valence-electron chi connectivity index (χ1n) is 9.58. The van der Waals surface area contributed by atoms with Crippen LogP contribution in [0.4, 0.5) is 5.82 Å². The molecule has 0 N–H and O–H groups in total. The highest BCUT2D eigenvalue weighted by Crippen LogP contribution is 2.21. The summed E-state index contributed by atoms with van der Waals surface area (Å²) in [4.78, 5) is 29.7. The van der Waals surface area contributed by atoms with Gasteiger partial charge in [-0.15, -0.1) is 0 Å². The number of anilines is 1. The van der Waals surface area contributed by atoms with Gasteiger partial charge in [-0.1, -0.05) is 29.9 Å². The molecule has 0 radical (unpaired) electrons. The lowest BCUT2D eigenvalue weighted by molar-refractivity contribution is -0.128. The molecule has 0 atom stereocenters. The maximum absolute atomic E-state index is 12.5. The zero-order chi connectivity index (χ0) is 20.1. The lowest BCUT2D eigenvalue weighted by Gasteiger charge is -2.35. The first-order valence-corrected chi connectivity index (χ1v) is 10.6. The highest BCUT2D eigenvalue weighted by Gasteiger charge is 2.21. The normalized spacial score (nSPS) is 14.2. The van der Waals surface area contributed by atoms with Crippen LogP contribution in [0.3, 0.4) is 0 Å². The van der Waals surface area contributed by atoms with Crippen molar-refractivity contribution < 1.29 is 9.32 Å². The van der Waals surface area contributed by atoms with Crippen LogP contribution in [-0.2, 0) is 11.2 Å². The molecule has 4 rings (SSSR count). The van der Waals surface area contributed by atoms with Gasteiger partial charge in [0.25, 0.3) is 5.89 Å². The summed E-state index contributed by atoms with van der Waals surface area (Å²) in [5.41, 5.74) is 0.776. The van der Waals surface area contributed by atoms with Crippen molar-refractivity contribution in [2.45, 2.75) is 18.4 Å². The monoisotopic (exact) mass is 410 g/mol. The van der Waals surface area contributed by atoms with Gasteiger partial charge in [0.1, 0.15) is 5.82 Å². The van der Waals surface area contributed by atoms with E-state index in [1.54, 1.807) is 12.4 Å². The molecular weight excluding hydrogens is 388 g/mol. The Kier molecular flexibility index (Phi) is 6.04. The van der Waals surface area contributed by atoms with Crippen molar-refractivity contribution in [2.75, 3.05) is 36.8 Å². The van der Waals surface area contributed by atoms with Crippen molar-refractivity contribution in [3.63, 3.8) is 0 Å². The highest BCUT2D eigenvalue weighted by atomic mass is 32.2. The Hall–Kier alpha value is -2.94. The van der Waals surface area contributed by atoms with E-state index in [-0.39, 0.29) is 5.91 Å². The van der Waals surface area contributed by atoms with Gasteiger partial charge in [0.2, 0.25) is 5.91 Å². The number of rotatable bonds is 6. The van der Waals surface area contributed by atoms with Crippen LogP contribution in [-0.4, -0.2) is 62.8 Å². The fourth-order valence-corrected chi connectivity index (χ4v) is 3.81. The smallest absolute Gasteiger partial charge is 0.259 e. The number of carbonyl (C=O) groups excluding carboxylic acids is 1. The number of pyridine rings is 2. The van der Waals surface area contributed by atoms with Gasteiger partial charge in [-0.2, -0.15) is 4.98 Å². The molecule has 0 unspecified atom stereocenters. The van der Waals surface area contributed by atoms with Gasteiger partial charge < -0.3 is 14.3 Å². The van der Waals surface area contributed by atoms with E-state index in [0.29, 0.717) is 30.6 Å². The van der Waals surface area contributed by atoms with Gasteiger partial charge in [-0.3, -0.25) is 4.79 Å². The number of carbonyl (C=O) groups is 1. The Morgan fingerprint density at radius 1 is 1.14 bits per heavy atom. The molecule has 0 saturated carbocycles. The van der Waals surface area contributed by atoms with E-state index in [4.69, 9.17) is 4.52 Å². The minimum absolute atomic E-state index is 0.131. The molecule has 8 nitrogen and oxygen atoms in total. The van der Waals surface area contributed by atoms with E-state index in [1.165, 1.54) is 11.8 Å². The van der Waals surface area contributed by atoms with Crippen molar-refractivity contribution in [3.8, 4) is 11.5 Å². The summed E-state index contributed by atoms with van der Waals surface area (Å²) in [5, 5.41) is 4.69. The van der Waals surface area contributed by atoms with Crippen LogP contribution >= 0.6 is 11.8 Å². The molecule has 1 saturated heterocycles. The Morgan fingerprint density at radius 2 is 2.00 bits per heavy atom. The lowest BCUT2D eigenvalue weighted by Crippen LogP contribution is -2.49. The number of amides is 1. The summed E-state index contributed by atoms with van der Waals surface area (Å²) in [6, 6.07) is 9.65. The van der Waals surface area contributed by atoms with E-state index >= 15 is 0 Å². The Bertz CT molecular complexity index is 939. The summed E-state index contributed by atoms with van der Waals surface area (Å²) in [6.07, 6.45) is 4.22. The quantitative estimate of drug-likeness (QED) is 0.573. The molecule has 1 amide bonds. The molecule has 0 spiro atoms. The zero-order valence-electron chi connectivity index (χ0n) is 16.2. The predicted molar refractivity (Wildman–Crippen MR) is 111 cm³/mol. The topological polar surface area (TPSA) is 88.3 Å². The number of hydrogen-bond donors (Lipinski definition) is 0. The molecule has 3 aromatic rings. The lowest BCUT2D eigenvalue weighted by atomic mass is 10.3. The van der Waals surface area contributed by atoms with E-state index in [0.717, 1.165) is 35.9 Å². The first-order chi connectivity index (χ1) is 14.2. The number of aromatic nitrogens is 4. The summed E-state index contributed by atoms with van der Waals surface area (Å²) in [7, 11) is 0.